The van der Waals surface area contributed by atoms with Gasteiger partial charge < -0.3 is 26.4 Å². The number of ether oxygens (including phenoxy) is 1. The van der Waals surface area contributed by atoms with Crippen LogP contribution in [0.25, 0.3) is 22.5 Å². The Morgan fingerprint density at radius 3 is 1.66 bits per heavy atom. The molecular formula is C44H52F2N10O3. The van der Waals surface area contributed by atoms with Crippen molar-refractivity contribution in [1.29, 1.82) is 0 Å². The van der Waals surface area contributed by atoms with Gasteiger partial charge in [-0.2, -0.15) is 10.2 Å². The Hall–Kier alpha value is -6.16. The number of aryl methyl sites for hydroxylation is 2. The van der Waals surface area contributed by atoms with Crippen LogP contribution in [0.2, 0.25) is 0 Å². The number of Topliss-reactive ketones (excluding diaryl/α,β-unsaturated/α-hetero) is 2. The molecule has 5 N–H and O–H groups in total. The highest BCUT2D eigenvalue weighted by molar-refractivity contribution is 5.87. The zero-order valence-corrected chi connectivity index (χ0v) is 34.1. The zero-order chi connectivity index (χ0) is 42.3. The number of carbonyl (C=O) groups excluding carboxylic acids is 2. The Bertz CT molecular complexity index is 2280. The predicted octanol–water partition coefficient (Wildman–Crippen LogP) is 5.36. The van der Waals surface area contributed by atoms with Crippen molar-refractivity contribution in [2.45, 2.75) is 44.7 Å². The van der Waals surface area contributed by atoms with Gasteiger partial charge in [-0.1, -0.05) is 24.3 Å². The molecular weight excluding hydrogens is 755 g/mol. The van der Waals surface area contributed by atoms with E-state index in [2.05, 4.69) is 36.1 Å². The van der Waals surface area contributed by atoms with E-state index >= 15 is 0 Å². The highest BCUT2D eigenvalue weighted by Crippen LogP contribution is 2.23. The molecule has 4 aromatic heterocycles. The van der Waals surface area contributed by atoms with E-state index < -0.39 is 12.1 Å². The lowest BCUT2D eigenvalue weighted by molar-refractivity contribution is -0.121. The van der Waals surface area contributed by atoms with Crippen LogP contribution in [0.1, 0.15) is 29.4 Å². The van der Waals surface area contributed by atoms with Crippen LogP contribution in [-0.2, 0) is 54.1 Å². The second kappa shape index (κ2) is 21.6. The maximum Gasteiger partial charge on any atom is 0.155 e. The summed E-state index contributed by atoms with van der Waals surface area (Å²) in [6.07, 6.45) is 4.71. The Balaban J connectivity index is 0.000000227. The molecule has 2 aromatic carbocycles. The minimum Gasteiger partial charge on any atom is -0.380 e. The number of nitrogens with two attached hydrogens (primary N) is 1. The highest BCUT2D eigenvalue weighted by Gasteiger charge is 2.22. The first-order valence-corrected chi connectivity index (χ1v) is 19.4. The molecule has 6 aromatic rings. The van der Waals surface area contributed by atoms with Crippen molar-refractivity contribution in [2.24, 2.45) is 19.8 Å². The first-order valence-electron chi connectivity index (χ1n) is 19.4. The summed E-state index contributed by atoms with van der Waals surface area (Å²) in [6, 6.07) is 22.6. The summed E-state index contributed by atoms with van der Waals surface area (Å²) in [7, 11) is 7.26. The first-order chi connectivity index (χ1) is 28.5. The second-order valence-electron chi connectivity index (χ2n) is 13.9. The summed E-state index contributed by atoms with van der Waals surface area (Å²) in [5.74, 6) is 0.866. The van der Waals surface area contributed by atoms with Crippen molar-refractivity contribution in [2.75, 3.05) is 44.5 Å². The van der Waals surface area contributed by atoms with Gasteiger partial charge in [-0.05, 0) is 91.6 Å². The molecule has 4 heterocycles. The third-order valence-electron chi connectivity index (χ3n) is 9.65. The predicted molar refractivity (Wildman–Crippen MR) is 226 cm³/mol. The molecule has 2 atom stereocenters. The number of halogens is 2. The number of carbonyl (C=O) groups is 2. The number of ketones is 2. The van der Waals surface area contributed by atoms with Crippen molar-refractivity contribution >= 4 is 23.2 Å². The largest absolute Gasteiger partial charge is 0.380 e. The average Bonchev–Trinajstić information content (AvgIpc) is 3.81. The van der Waals surface area contributed by atoms with E-state index in [0.717, 1.165) is 56.7 Å². The van der Waals surface area contributed by atoms with Crippen LogP contribution >= 0.6 is 0 Å². The molecule has 6 rings (SSSR count). The van der Waals surface area contributed by atoms with E-state index in [-0.39, 0.29) is 36.0 Å². The van der Waals surface area contributed by atoms with Crippen LogP contribution in [0.5, 0.6) is 0 Å². The number of hydrogen-bond acceptors (Lipinski definition) is 11. The maximum atomic E-state index is 13.3. The molecule has 0 aliphatic carbocycles. The van der Waals surface area contributed by atoms with Crippen molar-refractivity contribution in [3.05, 3.63) is 131 Å². The van der Waals surface area contributed by atoms with Gasteiger partial charge in [0.25, 0.3) is 0 Å². The lowest BCUT2D eigenvalue weighted by Gasteiger charge is -2.18. The van der Waals surface area contributed by atoms with Gasteiger partial charge in [0.1, 0.15) is 23.3 Å². The Labute approximate surface area is 343 Å². The molecule has 0 amide bonds. The quantitative estimate of drug-likeness (QED) is 0.0779. The van der Waals surface area contributed by atoms with Gasteiger partial charge in [0, 0.05) is 76.3 Å². The summed E-state index contributed by atoms with van der Waals surface area (Å²) in [4.78, 5) is 34.1. The van der Waals surface area contributed by atoms with Crippen molar-refractivity contribution in [1.82, 2.24) is 34.8 Å². The summed E-state index contributed by atoms with van der Waals surface area (Å²) >= 11 is 0. The molecule has 0 saturated heterocycles. The maximum absolute atomic E-state index is 13.3. The molecule has 15 heteroatoms. The number of rotatable bonds is 19. The molecule has 310 valence electrons. The average molecular weight is 807 g/mol. The van der Waals surface area contributed by atoms with E-state index in [1.165, 1.54) is 24.3 Å². The summed E-state index contributed by atoms with van der Waals surface area (Å²) in [6.45, 7) is 3.64. The second-order valence-corrected chi connectivity index (χ2v) is 13.9. The van der Waals surface area contributed by atoms with Crippen LogP contribution in [0.4, 0.5) is 20.4 Å². The van der Waals surface area contributed by atoms with Crippen molar-refractivity contribution < 1.29 is 23.1 Å². The minimum atomic E-state index is -0.648. The first kappa shape index (κ1) is 44.0. The van der Waals surface area contributed by atoms with Crippen molar-refractivity contribution in [3.63, 3.8) is 0 Å². The van der Waals surface area contributed by atoms with E-state index in [0.29, 0.717) is 32.6 Å². The molecule has 13 nitrogen and oxygen atoms in total. The lowest BCUT2D eigenvalue weighted by atomic mass is 9.99. The molecule has 0 fully saturated rings. The number of nitrogens with one attached hydrogen (secondary N) is 3. The number of anilines is 2. The van der Waals surface area contributed by atoms with E-state index in [1.54, 1.807) is 60.1 Å². The van der Waals surface area contributed by atoms with Gasteiger partial charge in [0.2, 0.25) is 0 Å². The zero-order valence-electron chi connectivity index (χ0n) is 34.1. The monoisotopic (exact) mass is 806 g/mol. The van der Waals surface area contributed by atoms with Gasteiger partial charge in [-0.15, -0.1) is 0 Å². The topological polar surface area (TPSA) is 167 Å². The van der Waals surface area contributed by atoms with Crippen LogP contribution in [0.3, 0.4) is 0 Å². The molecule has 0 aliphatic heterocycles. The SMILES string of the molecule is CCOCCN[C@@H](Cc1ccc(F)cc1)C(=O)Cc1cc(-c2ccnc(NC)c2)nn1C.CNc1cc(-c2cc(CC(=O)[C@@H](N)Cc3ccc(F)cc3)n(C)n2)ccn1. The van der Waals surface area contributed by atoms with Crippen LogP contribution < -0.4 is 21.7 Å². The Kier molecular flexibility index (Phi) is 16.1. The lowest BCUT2D eigenvalue weighted by Crippen LogP contribution is -2.41. The molecule has 0 unspecified atom stereocenters. The summed E-state index contributed by atoms with van der Waals surface area (Å²) in [5, 5.41) is 18.4. The van der Waals surface area contributed by atoms with Gasteiger partial charge in [-0.3, -0.25) is 19.0 Å². The van der Waals surface area contributed by atoms with Gasteiger partial charge in [0.15, 0.2) is 11.6 Å². The van der Waals surface area contributed by atoms with Gasteiger partial charge in [0.05, 0.1) is 42.9 Å². The Morgan fingerprint density at radius 2 is 1.19 bits per heavy atom. The molecule has 0 bridgehead atoms. The smallest absolute Gasteiger partial charge is 0.155 e. The minimum absolute atomic E-state index is 0.0472. The molecule has 0 radical (unpaired) electrons. The fraction of sp³-hybridized carbons (Fsp3) is 0.318. The number of aromatic nitrogens is 6. The highest BCUT2D eigenvalue weighted by atomic mass is 19.1. The van der Waals surface area contributed by atoms with Crippen LogP contribution in [0.15, 0.2) is 97.3 Å². The van der Waals surface area contributed by atoms with E-state index in [1.807, 2.05) is 57.4 Å². The van der Waals surface area contributed by atoms with E-state index in [9.17, 15) is 18.4 Å². The summed E-state index contributed by atoms with van der Waals surface area (Å²) in [5.41, 5.74) is 12.8. The third kappa shape index (κ3) is 12.9. The normalized spacial score (nSPS) is 12.0. The molecule has 0 saturated carbocycles. The molecule has 59 heavy (non-hydrogen) atoms. The van der Waals surface area contributed by atoms with E-state index in [4.69, 9.17) is 10.5 Å². The van der Waals surface area contributed by atoms with Crippen LogP contribution in [0, 0.1) is 11.6 Å². The number of hydrogen-bond donors (Lipinski definition) is 4. The number of benzene rings is 2. The summed E-state index contributed by atoms with van der Waals surface area (Å²) < 4.78 is 35.1. The van der Waals surface area contributed by atoms with Crippen LogP contribution in [-0.4, -0.2) is 87.0 Å². The number of pyridine rings is 2. The fourth-order valence-electron chi connectivity index (χ4n) is 6.28. The van der Waals surface area contributed by atoms with Gasteiger partial charge in [-0.25, -0.2) is 18.7 Å². The third-order valence-corrected chi connectivity index (χ3v) is 9.65. The van der Waals surface area contributed by atoms with Gasteiger partial charge >= 0.3 is 0 Å². The van der Waals surface area contributed by atoms with Crippen molar-refractivity contribution in [3.8, 4) is 22.5 Å². The number of nitrogens with zero attached hydrogens (tertiary/aromatic N) is 6. The fourth-order valence-corrected chi connectivity index (χ4v) is 6.28. The standard InChI is InChI=1S/C24H30FN5O2.C20H22FN5O/c1-4-32-12-11-27-22(13-17-5-7-19(25)8-6-17)23(31)16-20-15-21(29-30(20)3)18-9-10-28-24(14-18)26-2;1-23-20-10-14(7-8-24-20)18-11-16(26(2)25-18)12-19(27)17(22)9-13-3-5-15(21)6-4-13/h5-10,14-15,22,27H,4,11-13,16H2,1-3H3,(H,26,28);3-8,10-11,17H,9,12,22H2,1-2H3,(H,23,24)/t22-;17-/m00/s1. The molecule has 0 aliphatic rings. The molecule has 0 spiro atoms. The Morgan fingerprint density at radius 1 is 0.712 bits per heavy atom.